The minimum Gasteiger partial charge on any atom is -0.465 e. The van der Waals surface area contributed by atoms with Gasteiger partial charge in [0, 0.05) is 4.47 Å². The smallest absolute Gasteiger partial charge is 0.337 e. The summed E-state index contributed by atoms with van der Waals surface area (Å²) in [6.45, 7) is 0. The SMILES string of the molecule is COC(=O)c1ccc(Br)c(N=C=S)c1. The van der Waals surface area contributed by atoms with Crippen molar-refractivity contribution >= 4 is 45.0 Å². The van der Waals surface area contributed by atoms with Crippen molar-refractivity contribution in [1.82, 2.24) is 0 Å². The fourth-order valence-electron chi connectivity index (χ4n) is 0.892. The van der Waals surface area contributed by atoms with Crippen molar-refractivity contribution in [3.05, 3.63) is 28.2 Å². The number of ether oxygens (including phenoxy) is 1. The first-order chi connectivity index (χ1) is 6.69. The van der Waals surface area contributed by atoms with Crippen molar-refractivity contribution < 1.29 is 9.53 Å². The molecule has 0 N–H and O–H groups in total. The molecule has 72 valence electrons. The zero-order valence-corrected chi connectivity index (χ0v) is 9.68. The number of isothiocyanates is 1. The molecule has 0 unspecified atom stereocenters. The quantitative estimate of drug-likeness (QED) is 0.472. The molecule has 0 spiro atoms. The number of benzene rings is 1. The summed E-state index contributed by atoms with van der Waals surface area (Å²) in [5, 5.41) is 2.24. The summed E-state index contributed by atoms with van der Waals surface area (Å²) in [7, 11) is 1.33. The van der Waals surface area contributed by atoms with Crippen LogP contribution in [-0.2, 0) is 4.74 Å². The molecule has 0 saturated carbocycles. The Bertz CT molecular complexity index is 413. The minimum atomic E-state index is -0.404. The van der Waals surface area contributed by atoms with Crippen LogP contribution in [0.25, 0.3) is 0 Å². The van der Waals surface area contributed by atoms with Gasteiger partial charge >= 0.3 is 5.97 Å². The van der Waals surface area contributed by atoms with Crippen LogP contribution in [0.1, 0.15) is 10.4 Å². The summed E-state index contributed by atoms with van der Waals surface area (Å²) in [4.78, 5) is 14.9. The van der Waals surface area contributed by atoms with Gasteiger partial charge in [0.2, 0.25) is 0 Å². The van der Waals surface area contributed by atoms with Crippen LogP contribution in [0, 0.1) is 0 Å². The first-order valence-electron chi connectivity index (χ1n) is 3.64. The molecule has 0 amide bonds. The van der Waals surface area contributed by atoms with E-state index in [1.807, 2.05) is 0 Å². The molecule has 0 aliphatic heterocycles. The maximum atomic E-state index is 11.2. The Balaban J connectivity index is 3.18. The van der Waals surface area contributed by atoms with E-state index in [0.29, 0.717) is 11.3 Å². The highest BCUT2D eigenvalue weighted by Crippen LogP contribution is 2.26. The Labute approximate surface area is 94.9 Å². The van der Waals surface area contributed by atoms with Gasteiger partial charge < -0.3 is 4.74 Å². The average molecular weight is 272 g/mol. The van der Waals surface area contributed by atoms with Crippen molar-refractivity contribution in [3.8, 4) is 0 Å². The minimum absolute atomic E-state index is 0.404. The van der Waals surface area contributed by atoms with Crippen LogP contribution >= 0.6 is 28.1 Å². The normalized spacial score (nSPS) is 9.00. The number of hydrogen-bond donors (Lipinski definition) is 0. The van der Waals surface area contributed by atoms with Gasteiger partial charge in [-0.25, -0.2) is 4.79 Å². The lowest BCUT2D eigenvalue weighted by atomic mass is 10.2. The fourth-order valence-corrected chi connectivity index (χ4v) is 1.33. The molecular formula is C9H6BrNO2S. The topological polar surface area (TPSA) is 38.7 Å². The van der Waals surface area contributed by atoms with E-state index in [1.54, 1.807) is 18.2 Å². The van der Waals surface area contributed by atoms with Crippen LogP contribution in [-0.4, -0.2) is 18.2 Å². The van der Waals surface area contributed by atoms with Crippen LogP contribution in [0.3, 0.4) is 0 Å². The molecular weight excluding hydrogens is 266 g/mol. The Hall–Kier alpha value is -1.03. The van der Waals surface area contributed by atoms with Gasteiger partial charge in [0.05, 0.1) is 23.5 Å². The van der Waals surface area contributed by atoms with Crippen LogP contribution in [0.15, 0.2) is 27.7 Å². The lowest BCUT2D eigenvalue weighted by molar-refractivity contribution is 0.0601. The van der Waals surface area contributed by atoms with Crippen LogP contribution < -0.4 is 0 Å². The monoisotopic (exact) mass is 271 g/mol. The van der Waals surface area contributed by atoms with E-state index in [9.17, 15) is 4.79 Å². The van der Waals surface area contributed by atoms with Gasteiger partial charge in [0.25, 0.3) is 0 Å². The summed E-state index contributed by atoms with van der Waals surface area (Å²) in [5.41, 5.74) is 0.989. The van der Waals surface area contributed by atoms with Crippen molar-refractivity contribution in [3.63, 3.8) is 0 Å². The average Bonchev–Trinajstić information content (AvgIpc) is 2.20. The Kier molecular flexibility index (Phi) is 3.95. The Morgan fingerprint density at radius 1 is 1.64 bits per heavy atom. The van der Waals surface area contributed by atoms with E-state index in [2.05, 4.69) is 43.0 Å². The zero-order valence-electron chi connectivity index (χ0n) is 7.28. The third kappa shape index (κ3) is 2.48. The lowest BCUT2D eigenvalue weighted by Gasteiger charge is -2.01. The summed E-state index contributed by atoms with van der Waals surface area (Å²) in [6, 6.07) is 4.92. The first-order valence-corrected chi connectivity index (χ1v) is 4.85. The third-order valence-electron chi connectivity index (χ3n) is 1.53. The molecule has 0 bridgehead atoms. The third-order valence-corrected chi connectivity index (χ3v) is 2.30. The van der Waals surface area contributed by atoms with Gasteiger partial charge in [0.15, 0.2) is 0 Å². The number of carbonyl (C=O) groups excluding carboxylic acids is 1. The van der Waals surface area contributed by atoms with E-state index in [4.69, 9.17) is 0 Å². The lowest BCUT2D eigenvalue weighted by Crippen LogP contribution is -2.00. The molecule has 0 aromatic heterocycles. The fraction of sp³-hybridized carbons (Fsp3) is 0.111. The molecule has 0 radical (unpaired) electrons. The van der Waals surface area contributed by atoms with Gasteiger partial charge in [-0.05, 0) is 46.3 Å². The molecule has 0 aliphatic rings. The zero-order chi connectivity index (χ0) is 10.6. The Morgan fingerprint density at radius 3 is 2.93 bits per heavy atom. The molecule has 1 aromatic rings. The number of rotatable bonds is 2. The molecule has 5 heteroatoms. The van der Waals surface area contributed by atoms with Gasteiger partial charge in [-0.15, -0.1) is 0 Å². The number of hydrogen-bond acceptors (Lipinski definition) is 4. The predicted octanol–water partition coefficient (Wildman–Crippen LogP) is 2.97. The molecule has 3 nitrogen and oxygen atoms in total. The summed E-state index contributed by atoms with van der Waals surface area (Å²) >= 11 is 7.75. The number of methoxy groups -OCH3 is 1. The van der Waals surface area contributed by atoms with Crippen LogP contribution in [0.4, 0.5) is 5.69 Å². The number of thiocarbonyl (C=S) groups is 1. The van der Waals surface area contributed by atoms with Gasteiger partial charge in [-0.1, -0.05) is 0 Å². The number of halogens is 1. The number of nitrogens with zero attached hydrogens (tertiary/aromatic N) is 1. The number of esters is 1. The number of carbonyl (C=O) groups is 1. The highest BCUT2D eigenvalue weighted by Gasteiger charge is 2.07. The maximum Gasteiger partial charge on any atom is 0.337 e. The molecule has 0 aliphatic carbocycles. The molecule has 1 aromatic carbocycles. The van der Waals surface area contributed by atoms with Gasteiger partial charge in [0.1, 0.15) is 0 Å². The van der Waals surface area contributed by atoms with E-state index < -0.39 is 5.97 Å². The van der Waals surface area contributed by atoms with E-state index >= 15 is 0 Å². The van der Waals surface area contributed by atoms with Gasteiger partial charge in [-0.3, -0.25) is 0 Å². The standard InChI is InChI=1S/C9H6BrNO2S/c1-13-9(12)6-2-3-7(10)8(4-6)11-5-14/h2-4H,1H3. The Morgan fingerprint density at radius 2 is 2.36 bits per heavy atom. The summed E-state index contributed by atoms with van der Waals surface area (Å²) < 4.78 is 5.32. The predicted molar refractivity (Wildman–Crippen MR) is 60.2 cm³/mol. The molecule has 1 rings (SSSR count). The highest BCUT2D eigenvalue weighted by atomic mass is 79.9. The van der Waals surface area contributed by atoms with E-state index in [0.717, 1.165) is 4.47 Å². The second-order valence-electron chi connectivity index (χ2n) is 2.36. The van der Waals surface area contributed by atoms with E-state index in [-0.39, 0.29) is 0 Å². The maximum absolute atomic E-state index is 11.2. The van der Waals surface area contributed by atoms with Crippen molar-refractivity contribution in [1.29, 1.82) is 0 Å². The van der Waals surface area contributed by atoms with Crippen molar-refractivity contribution in [2.45, 2.75) is 0 Å². The van der Waals surface area contributed by atoms with E-state index in [1.165, 1.54) is 7.11 Å². The molecule has 14 heavy (non-hydrogen) atoms. The largest absolute Gasteiger partial charge is 0.465 e. The van der Waals surface area contributed by atoms with Gasteiger partial charge in [-0.2, -0.15) is 4.99 Å². The molecule has 0 heterocycles. The second kappa shape index (κ2) is 5.00. The highest BCUT2D eigenvalue weighted by molar-refractivity contribution is 9.10. The molecule has 0 fully saturated rings. The van der Waals surface area contributed by atoms with Crippen molar-refractivity contribution in [2.75, 3.05) is 7.11 Å². The van der Waals surface area contributed by atoms with Crippen LogP contribution in [0.2, 0.25) is 0 Å². The first kappa shape index (κ1) is 11.0. The van der Waals surface area contributed by atoms with Crippen molar-refractivity contribution in [2.24, 2.45) is 4.99 Å². The molecule has 0 atom stereocenters. The summed E-state index contributed by atoms with van der Waals surface area (Å²) in [6.07, 6.45) is 0. The second-order valence-corrected chi connectivity index (χ2v) is 3.40. The van der Waals surface area contributed by atoms with Crippen LogP contribution in [0.5, 0.6) is 0 Å². The summed E-state index contributed by atoms with van der Waals surface area (Å²) in [5.74, 6) is -0.404. The molecule has 0 saturated heterocycles. The number of aliphatic imine (C=N–C) groups is 1.